The van der Waals surface area contributed by atoms with Crippen LogP contribution in [-0.4, -0.2) is 53.3 Å². The second-order valence-electron chi connectivity index (χ2n) is 7.20. The molecule has 0 spiro atoms. The van der Waals surface area contributed by atoms with Gasteiger partial charge in [-0.1, -0.05) is 6.07 Å². The molecule has 9 heteroatoms. The minimum atomic E-state index is -1.08. The number of carboxylic acid groups (broad SMARTS) is 1. The van der Waals surface area contributed by atoms with E-state index in [1.54, 1.807) is 44.1 Å². The van der Waals surface area contributed by atoms with Crippen LogP contribution < -0.4 is 10.6 Å². The second-order valence-corrected chi connectivity index (χ2v) is 8.23. The molecule has 1 rings (SSSR count). The first-order valence-corrected chi connectivity index (χ1v) is 9.70. The van der Waals surface area contributed by atoms with Crippen LogP contribution >= 0.6 is 11.3 Å². The molecule has 152 valence electrons. The predicted molar refractivity (Wildman–Crippen MR) is 104 cm³/mol. The van der Waals surface area contributed by atoms with Crippen molar-refractivity contribution >= 4 is 29.4 Å². The number of rotatable bonds is 9. The maximum atomic E-state index is 12.8. The highest BCUT2D eigenvalue weighted by molar-refractivity contribution is 7.09. The number of hydrogen-bond acceptors (Lipinski definition) is 5. The van der Waals surface area contributed by atoms with Crippen molar-refractivity contribution < 1.29 is 24.2 Å². The fraction of sp³-hybridized carbons (Fsp3) is 0.611. The Hall–Kier alpha value is -2.29. The van der Waals surface area contributed by atoms with Crippen molar-refractivity contribution in [1.29, 1.82) is 0 Å². The second kappa shape index (κ2) is 10.8. The Morgan fingerprint density at radius 3 is 2.56 bits per heavy atom. The maximum absolute atomic E-state index is 12.8. The van der Waals surface area contributed by atoms with Gasteiger partial charge in [-0.3, -0.25) is 4.79 Å². The predicted octanol–water partition coefficient (Wildman–Crippen LogP) is 3.04. The SMILES string of the molecule is CN(Cc1cccs1)C(=O)[C@H](CCCCNC(=O)O)NC(=O)OC(C)(C)C. The van der Waals surface area contributed by atoms with E-state index >= 15 is 0 Å². The molecule has 1 aromatic heterocycles. The molecule has 0 aliphatic carbocycles. The Morgan fingerprint density at radius 2 is 2.00 bits per heavy atom. The number of carbonyl (C=O) groups is 3. The van der Waals surface area contributed by atoms with Gasteiger partial charge in [0.1, 0.15) is 11.6 Å². The lowest BCUT2D eigenvalue weighted by atomic mass is 10.1. The van der Waals surface area contributed by atoms with Crippen LogP contribution in [0.4, 0.5) is 9.59 Å². The number of unbranched alkanes of at least 4 members (excludes halogenated alkanes) is 1. The fourth-order valence-corrected chi connectivity index (χ4v) is 3.11. The number of amides is 3. The molecule has 1 aromatic rings. The van der Waals surface area contributed by atoms with E-state index in [2.05, 4.69) is 10.6 Å². The van der Waals surface area contributed by atoms with E-state index in [-0.39, 0.29) is 5.91 Å². The quantitative estimate of drug-likeness (QED) is 0.553. The van der Waals surface area contributed by atoms with E-state index in [4.69, 9.17) is 9.84 Å². The molecule has 0 saturated heterocycles. The lowest BCUT2D eigenvalue weighted by Gasteiger charge is -2.26. The molecule has 3 amide bonds. The van der Waals surface area contributed by atoms with Gasteiger partial charge in [0.25, 0.3) is 0 Å². The molecule has 0 saturated carbocycles. The van der Waals surface area contributed by atoms with Crippen LogP contribution in [0.3, 0.4) is 0 Å². The Balaban J connectivity index is 2.65. The highest BCUT2D eigenvalue weighted by atomic mass is 32.1. The first kappa shape index (κ1) is 22.8. The number of likely N-dealkylation sites (N-methyl/N-ethyl adjacent to an activating group) is 1. The van der Waals surface area contributed by atoms with Crippen molar-refractivity contribution in [1.82, 2.24) is 15.5 Å². The highest BCUT2D eigenvalue weighted by Gasteiger charge is 2.26. The van der Waals surface area contributed by atoms with E-state index in [9.17, 15) is 14.4 Å². The molecule has 0 bridgehead atoms. The summed E-state index contributed by atoms with van der Waals surface area (Å²) in [7, 11) is 1.69. The van der Waals surface area contributed by atoms with Crippen LogP contribution in [0.2, 0.25) is 0 Å². The van der Waals surface area contributed by atoms with Gasteiger partial charge in [-0.05, 0) is 51.5 Å². The molecule has 0 aliphatic heterocycles. The summed E-state index contributed by atoms with van der Waals surface area (Å²) in [6.45, 7) is 6.02. The highest BCUT2D eigenvalue weighted by Crippen LogP contribution is 2.14. The summed E-state index contributed by atoms with van der Waals surface area (Å²) in [6.07, 6.45) is -0.173. The monoisotopic (exact) mass is 399 g/mol. The Labute approximate surface area is 163 Å². The number of nitrogens with one attached hydrogen (secondary N) is 2. The molecule has 0 aromatic carbocycles. The molecular formula is C18H29N3O5S. The zero-order valence-corrected chi connectivity index (χ0v) is 17.1. The van der Waals surface area contributed by atoms with Gasteiger partial charge >= 0.3 is 12.2 Å². The molecule has 3 N–H and O–H groups in total. The third-order valence-corrected chi connectivity index (χ3v) is 4.40. The zero-order chi connectivity index (χ0) is 20.4. The van der Waals surface area contributed by atoms with Crippen LogP contribution in [-0.2, 0) is 16.1 Å². The third-order valence-electron chi connectivity index (χ3n) is 3.53. The van der Waals surface area contributed by atoms with Crippen molar-refractivity contribution in [3.8, 4) is 0 Å². The van der Waals surface area contributed by atoms with E-state index in [0.29, 0.717) is 32.4 Å². The summed E-state index contributed by atoms with van der Waals surface area (Å²) >= 11 is 1.56. The van der Waals surface area contributed by atoms with Crippen LogP contribution in [0.1, 0.15) is 44.9 Å². The summed E-state index contributed by atoms with van der Waals surface area (Å²) in [6, 6.07) is 3.14. The van der Waals surface area contributed by atoms with E-state index in [1.165, 1.54) is 0 Å². The van der Waals surface area contributed by atoms with Gasteiger partial charge in [0, 0.05) is 18.5 Å². The number of nitrogens with zero attached hydrogens (tertiary/aromatic N) is 1. The number of ether oxygens (including phenoxy) is 1. The molecule has 0 fully saturated rings. The van der Waals surface area contributed by atoms with Gasteiger partial charge < -0.3 is 25.4 Å². The molecule has 8 nitrogen and oxygen atoms in total. The van der Waals surface area contributed by atoms with Crippen molar-refractivity contribution in [2.75, 3.05) is 13.6 Å². The normalized spacial score (nSPS) is 12.1. The van der Waals surface area contributed by atoms with Crippen molar-refractivity contribution in [2.45, 2.75) is 58.2 Å². The van der Waals surface area contributed by atoms with Crippen LogP contribution in [0, 0.1) is 0 Å². The average Bonchev–Trinajstić information content (AvgIpc) is 3.03. The fourth-order valence-electron chi connectivity index (χ4n) is 2.36. The number of hydrogen-bond donors (Lipinski definition) is 3. The minimum absolute atomic E-state index is 0.208. The third kappa shape index (κ3) is 9.83. The summed E-state index contributed by atoms with van der Waals surface area (Å²) in [5, 5.41) is 15.5. The van der Waals surface area contributed by atoms with Gasteiger partial charge in [-0.15, -0.1) is 11.3 Å². The van der Waals surface area contributed by atoms with E-state index < -0.39 is 23.8 Å². The summed E-state index contributed by atoms with van der Waals surface area (Å²) < 4.78 is 5.25. The van der Waals surface area contributed by atoms with Crippen LogP contribution in [0.15, 0.2) is 17.5 Å². The van der Waals surface area contributed by atoms with Crippen molar-refractivity contribution in [3.05, 3.63) is 22.4 Å². The number of carbonyl (C=O) groups excluding carboxylic acids is 2. The van der Waals surface area contributed by atoms with E-state index in [0.717, 1.165) is 4.88 Å². The smallest absolute Gasteiger partial charge is 0.408 e. The zero-order valence-electron chi connectivity index (χ0n) is 16.3. The van der Waals surface area contributed by atoms with Gasteiger partial charge in [0.2, 0.25) is 5.91 Å². The van der Waals surface area contributed by atoms with Crippen LogP contribution in [0.25, 0.3) is 0 Å². The largest absolute Gasteiger partial charge is 0.465 e. The van der Waals surface area contributed by atoms with Gasteiger partial charge in [0.15, 0.2) is 0 Å². The van der Waals surface area contributed by atoms with Crippen LogP contribution in [0.5, 0.6) is 0 Å². The van der Waals surface area contributed by atoms with E-state index in [1.807, 2.05) is 17.5 Å². The van der Waals surface area contributed by atoms with Gasteiger partial charge in [-0.2, -0.15) is 0 Å². The molecule has 1 atom stereocenters. The van der Waals surface area contributed by atoms with Gasteiger partial charge in [-0.25, -0.2) is 9.59 Å². The average molecular weight is 400 g/mol. The summed E-state index contributed by atoms with van der Waals surface area (Å²) in [5.74, 6) is -0.208. The van der Waals surface area contributed by atoms with Crippen molar-refractivity contribution in [3.63, 3.8) is 0 Å². The molecule has 0 radical (unpaired) electrons. The molecule has 0 aliphatic rings. The molecule has 0 unspecified atom stereocenters. The topological polar surface area (TPSA) is 108 Å². The minimum Gasteiger partial charge on any atom is -0.465 e. The standard InChI is InChI=1S/C18H29N3O5S/c1-18(2,3)26-17(25)20-14(9-5-6-10-19-16(23)24)15(22)21(4)12-13-8-7-11-27-13/h7-8,11,14,19H,5-6,9-10,12H2,1-4H3,(H,20,25)(H,23,24)/t14-/m0/s1. The number of thiophene rings is 1. The van der Waals surface area contributed by atoms with Crippen molar-refractivity contribution in [2.24, 2.45) is 0 Å². The lowest BCUT2D eigenvalue weighted by molar-refractivity contribution is -0.132. The summed E-state index contributed by atoms with van der Waals surface area (Å²) in [5.41, 5.74) is -0.661. The molecule has 27 heavy (non-hydrogen) atoms. The first-order valence-electron chi connectivity index (χ1n) is 8.82. The Bertz CT molecular complexity index is 613. The number of alkyl carbamates (subject to hydrolysis) is 1. The Kier molecular flexibility index (Phi) is 9.07. The maximum Gasteiger partial charge on any atom is 0.408 e. The first-order chi connectivity index (χ1) is 12.6. The molecule has 1 heterocycles. The summed E-state index contributed by atoms with van der Waals surface area (Å²) in [4.78, 5) is 38.0. The molecular weight excluding hydrogens is 370 g/mol. The lowest BCUT2D eigenvalue weighted by Crippen LogP contribution is -2.48. The van der Waals surface area contributed by atoms with Gasteiger partial charge in [0.05, 0.1) is 6.54 Å². The Morgan fingerprint density at radius 1 is 1.30 bits per heavy atom.